The summed E-state index contributed by atoms with van der Waals surface area (Å²) in [6, 6.07) is 0. The van der Waals surface area contributed by atoms with Gasteiger partial charge >= 0.3 is 0 Å². The minimum absolute atomic E-state index is 0.0583. The Balaban J connectivity index is 2.15. The number of thiazole rings is 1. The molecular formula is C15H26N2OS. The van der Waals surface area contributed by atoms with Gasteiger partial charge in [0.25, 0.3) is 0 Å². The Labute approximate surface area is 120 Å². The van der Waals surface area contributed by atoms with Crippen molar-refractivity contribution in [3.05, 3.63) is 16.1 Å². The van der Waals surface area contributed by atoms with E-state index in [1.165, 1.54) is 10.7 Å². The third kappa shape index (κ3) is 3.01. The first-order valence-electron chi connectivity index (χ1n) is 7.24. The van der Waals surface area contributed by atoms with Crippen LogP contribution in [0.3, 0.4) is 0 Å². The largest absolute Gasteiger partial charge is 0.378 e. The van der Waals surface area contributed by atoms with Crippen LogP contribution >= 0.6 is 11.3 Å². The third-order valence-corrected chi connectivity index (χ3v) is 4.80. The minimum atomic E-state index is 0.0583. The van der Waals surface area contributed by atoms with Crippen LogP contribution in [0.1, 0.15) is 58.2 Å². The van der Waals surface area contributed by atoms with Crippen molar-refractivity contribution < 1.29 is 4.74 Å². The summed E-state index contributed by atoms with van der Waals surface area (Å²) in [7, 11) is 0. The van der Waals surface area contributed by atoms with Crippen molar-refractivity contribution in [2.45, 2.75) is 64.5 Å². The molecule has 0 aromatic carbocycles. The van der Waals surface area contributed by atoms with E-state index in [0.717, 1.165) is 26.0 Å². The Kier molecular flexibility index (Phi) is 4.33. The summed E-state index contributed by atoms with van der Waals surface area (Å²) in [5.41, 5.74) is 1.39. The van der Waals surface area contributed by atoms with E-state index in [4.69, 9.17) is 9.72 Å². The smallest absolute Gasteiger partial charge is 0.113 e. The molecule has 1 aromatic rings. The standard InChI is InChI=1S/C15H26N2OS/c1-6-16-15(8-11(9-15)18-7-2)13-17-12(10-19-13)14(3,4)5/h10-11,16H,6-9H2,1-5H3. The second kappa shape index (κ2) is 5.51. The lowest BCUT2D eigenvalue weighted by Gasteiger charge is -2.46. The number of nitrogens with zero attached hydrogens (tertiary/aromatic N) is 1. The number of ether oxygens (including phenoxy) is 1. The van der Waals surface area contributed by atoms with Gasteiger partial charge in [-0.05, 0) is 26.3 Å². The molecule has 0 bridgehead atoms. The lowest BCUT2D eigenvalue weighted by molar-refractivity contribution is -0.0531. The summed E-state index contributed by atoms with van der Waals surface area (Å²) in [6.07, 6.45) is 2.49. The van der Waals surface area contributed by atoms with Crippen LogP contribution in [0.15, 0.2) is 5.38 Å². The average molecular weight is 282 g/mol. The van der Waals surface area contributed by atoms with E-state index in [1.807, 2.05) is 0 Å². The molecule has 0 saturated heterocycles. The second-order valence-electron chi connectivity index (χ2n) is 6.39. The Morgan fingerprint density at radius 1 is 1.42 bits per heavy atom. The van der Waals surface area contributed by atoms with Gasteiger partial charge in [-0.15, -0.1) is 11.3 Å². The van der Waals surface area contributed by atoms with E-state index in [-0.39, 0.29) is 11.0 Å². The van der Waals surface area contributed by atoms with Crippen LogP contribution in [-0.4, -0.2) is 24.2 Å². The van der Waals surface area contributed by atoms with Crippen LogP contribution in [0.4, 0.5) is 0 Å². The van der Waals surface area contributed by atoms with Crippen molar-refractivity contribution >= 4 is 11.3 Å². The first-order chi connectivity index (χ1) is 8.91. The van der Waals surface area contributed by atoms with Gasteiger partial charge in [-0.3, -0.25) is 0 Å². The lowest BCUT2D eigenvalue weighted by Crippen LogP contribution is -2.55. The van der Waals surface area contributed by atoms with Gasteiger partial charge in [0.1, 0.15) is 5.01 Å². The highest BCUT2D eigenvalue weighted by Gasteiger charge is 2.47. The maximum absolute atomic E-state index is 5.71. The first-order valence-corrected chi connectivity index (χ1v) is 8.12. The first kappa shape index (κ1) is 14.9. The van der Waals surface area contributed by atoms with E-state index in [0.29, 0.717) is 6.10 Å². The highest BCUT2D eigenvalue weighted by atomic mass is 32.1. The molecule has 1 aliphatic rings. The van der Waals surface area contributed by atoms with Crippen LogP contribution in [-0.2, 0) is 15.7 Å². The van der Waals surface area contributed by atoms with E-state index in [1.54, 1.807) is 11.3 Å². The predicted molar refractivity (Wildman–Crippen MR) is 80.8 cm³/mol. The molecule has 2 rings (SSSR count). The normalized spacial score (nSPS) is 27.3. The molecule has 1 fully saturated rings. The highest BCUT2D eigenvalue weighted by Crippen LogP contribution is 2.44. The van der Waals surface area contributed by atoms with Crippen LogP contribution in [0, 0.1) is 0 Å². The van der Waals surface area contributed by atoms with Gasteiger partial charge in [-0.1, -0.05) is 27.7 Å². The Hall–Kier alpha value is -0.450. The molecule has 3 nitrogen and oxygen atoms in total. The van der Waals surface area contributed by atoms with Crippen LogP contribution < -0.4 is 5.32 Å². The second-order valence-corrected chi connectivity index (χ2v) is 7.24. The molecule has 1 saturated carbocycles. The van der Waals surface area contributed by atoms with Crippen LogP contribution in [0.25, 0.3) is 0 Å². The molecule has 4 heteroatoms. The van der Waals surface area contributed by atoms with Gasteiger partial charge in [0.05, 0.1) is 17.3 Å². The molecule has 19 heavy (non-hydrogen) atoms. The Morgan fingerprint density at radius 3 is 2.58 bits per heavy atom. The SMILES string of the molecule is CCNC1(c2nc(C(C)(C)C)cs2)CC(OCC)C1. The topological polar surface area (TPSA) is 34.2 Å². The van der Waals surface area contributed by atoms with Crippen molar-refractivity contribution in [1.29, 1.82) is 0 Å². The molecule has 0 atom stereocenters. The molecule has 1 N–H and O–H groups in total. The van der Waals surface area contributed by atoms with E-state index < -0.39 is 0 Å². The highest BCUT2D eigenvalue weighted by molar-refractivity contribution is 7.09. The van der Waals surface area contributed by atoms with E-state index >= 15 is 0 Å². The fourth-order valence-electron chi connectivity index (χ4n) is 2.64. The van der Waals surface area contributed by atoms with Crippen molar-refractivity contribution in [2.75, 3.05) is 13.2 Å². The number of hydrogen-bond acceptors (Lipinski definition) is 4. The van der Waals surface area contributed by atoms with Crippen molar-refractivity contribution in [1.82, 2.24) is 10.3 Å². The van der Waals surface area contributed by atoms with Crippen molar-refractivity contribution in [3.63, 3.8) is 0 Å². The van der Waals surface area contributed by atoms with Crippen molar-refractivity contribution in [2.24, 2.45) is 0 Å². The number of rotatable bonds is 5. The van der Waals surface area contributed by atoms with Gasteiger partial charge in [-0.25, -0.2) is 4.98 Å². The molecule has 1 aliphatic carbocycles. The number of hydrogen-bond donors (Lipinski definition) is 1. The summed E-state index contributed by atoms with van der Waals surface area (Å²) in [5, 5.41) is 7.08. The van der Waals surface area contributed by atoms with E-state index in [9.17, 15) is 0 Å². The summed E-state index contributed by atoms with van der Waals surface area (Å²) < 4.78 is 5.71. The minimum Gasteiger partial charge on any atom is -0.378 e. The van der Waals surface area contributed by atoms with Gasteiger partial charge in [0.15, 0.2) is 0 Å². The van der Waals surface area contributed by atoms with Gasteiger partial charge in [-0.2, -0.15) is 0 Å². The fraction of sp³-hybridized carbons (Fsp3) is 0.800. The summed E-state index contributed by atoms with van der Waals surface area (Å²) >= 11 is 1.79. The molecule has 0 amide bonds. The average Bonchev–Trinajstić information content (AvgIpc) is 2.75. The summed E-state index contributed by atoms with van der Waals surface area (Å²) in [6.45, 7) is 12.7. The van der Waals surface area contributed by atoms with Gasteiger partial charge in [0, 0.05) is 17.4 Å². The summed E-state index contributed by atoms with van der Waals surface area (Å²) in [5.74, 6) is 0. The Bertz CT molecular complexity index is 416. The fourth-order valence-corrected chi connectivity index (χ4v) is 3.89. The molecule has 108 valence electrons. The molecular weight excluding hydrogens is 256 g/mol. The summed E-state index contributed by atoms with van der Waals surface area (Å²) in [4.78, 5) is 4.89. The van der Waals surface area contributed by atoms with Gasteiger partial charge < -0.3 is 10.1 Å². The van der Waals surface area contributed by atoms with Crippen molar-refractivity contribution in [3.8, 4) is 0 Å². The lowest BCUT2D eigenvalue weighted by atomic mass is 9.74. The van der Waals surface area contributed by atoms with Crippen LogP contribution in [0.2, 0.25) is 0 Å². The third-order valence-electron chi connectivity index (χ3n) is 3.75. The quantitative estimate of drug-likeness (QED) is 0.898. The Morgan fingerprint density at radius 2 is 2.11 bits per heavy atom. The number of nitrogens with one attached hydrogen (secondary N) is 1. The number of aromatic nitrogens is 1. The maximum atomic E-state index is 5.71. The molecule has 0 radical (unpaired) electrons. The zero-order valence-corrected chi connectivity index (χ0v) is 13.6. The van der Waals surface area contributed by atoms with Crippen LogP contribution in [0.5, 0.6) is 0 Å². The zero-order valence-electron chi connectivity index (χ0n) is 12.7. The van der Waals surface area contributed by atoms with Gasteiger partial charge in [0.2, 0.25) is 0 Å². The molecule has 1 heterocycles. The van der Waals surface area contributed by atoms with E-state index in [2.05, 4.69) is 45.3 Å². The molecule has 1 aromatic heterocycles. The zero-order chi connectivity index (χ0) is 14.1. The predicted octanol–water partition coefficient (Wildman–Crippen LogP) is 3.44. The maximum Gasteiger partial charge on any atom is 0.113 e. The molecule has 0 aliphatic heterocycles. The monoisotopic (exact) mass is 282 g/mol. The molecule has 0 unspecified atom stereocenters. The molecule has 0 spiro atoms.